The van der Waals surface area contributed by atoms with E-state index in [1.165, 1.54) is 19.3 Å². The number of benzene rings is 1. The maximum absolute atomic E-state index is 16.9. The number of pyridine rings is 1. The number of hydrogen-bond acceptors (Lipinski definition) is 11. The molecule has 1 aliphatic carbocycles. The third kappa shape index (κ3) is 5.37. The average Bonchev–Trinajstić information content (AvgIpc) is 3.47. The highest BCUT2D eigenvalue weighted by Gasteiger charge is 2.73. The Bertz CT molecular complexity index is 2000. The number of halogens is 7. The largest absolute Gasteiger partial charge is 0.489 e. The number of likely N-dealkylation sites (N-methyl/N-ethyl adjacent to an activating group) is 1. The summed E-state index contributed by atoms with van der Waals surface area (Å²) >= 11 is 6.73. The number of nitrogens with zero attached hydrogens (tertiary/aromatic N) is 7. The lowest BCUT2D eigenvalue weighted by molar-refractivity contribution is -0.137. The molecule has 5 heterocycles. The molecule has 0 amide bonds. The second-order valence-electron chi connectivity index (χ2n) is 12.8. The van der Waals surface area contributed by atoms with Crippen LogP contribution in [0.2, 0.25) is 5.02 Å². The standard InChI is InChI=1S/C31H30ClF6N9O2/c1-13-8-16(39)43-23(19(13)31(36,37)38)17-20(32)25-18-24(21(17)33)44-28(49-10-15-9-29(12-46(15)3)11-30(29,34)35)45-27(18)47(6-7-48-25)14(2)22-26(40)42-5-4-41-22/h4-5,8,14-15H,6-7,9-12H2,1-3H3,(H2,39,43)(H2,40,42)/t14-,15+,29+/m1/s1. The van der Waals surface area contributed by atoms with Gasteiger partial charge >= 0.3 is 12.2 Å². The summed E-state index contributed by atoms with van der Waals surface area (Å²) in [5, 5.41) is -0.544. The van der Waals surface area contributed by atoms with Gasteiger partial charge in [-0.05, 0) is 38.9 Å². The molecule has 3 atom stereocenters. The summed E-state index contributed by atoms with van der Waals surface area (Å²) in [5.41, 5.74) is 7.63. The van der Waals surface area contributed by atoms with E-state index in [0.29, 0.717) is 5.69 Å². The van der Waals surface area contributed by atoms with E-state index in [-0.39, 0.29) is 79.3 Å². The molecule has 1 saturated heterocycles. The average molecular weight is 710 g/mol. The molecule has 1 spiro atoms. The van der Waals surface area contributed by atoms with Crippen molar-refractivity contribution in [1.82, 2.24) is 29.8 Å². The van der Waals surface area contributed by atoms with Crippen molar-refractivity contribution >= 4 is 40.0 Å². The summed E-state index contributed by atoms with van der Waals surface area (Å²) in [6, 6.07) is -0.393. The van der Waals surface area contributed by atoms with Crippen molar-refractivity contribution in [1.29, 1.82) is 0 Å². The number of ether oxygens (including phenoxy) is 2. The second-order valence-corrected chi connectivity index (χ2v) is 13.1. The number of hydrogen-bond donors (Lipinski definition) is 2. The molecule has 0 bridgehead atoms. The monoisotopic (exact) mass is 709 g/mol. The molecule has 7 rings (SSSR count). The van der Waals surface area contributed by atoms with Crippen molar-refractivity contribution in [2.24, 2.45) is 5.41 Å². The molecule has 18 heteroatoms. The van der Waals surface area contributed by atoms with Crippen molar-refractivity contribution in [3.63, 3.8) is 0 Å². The van der Waals surface area contributed by atoms with Gasteiger partial charge in [0.2, 0.25) is 0 Å². The van der Waals surface area contributed by atoms with Crippen LogP contribution in [0.3, 0.4) is 0 Å². The fourth-order valence-corrected chi connectivity index (χ4v) is 7.38. The van der Waals surface area contributed by atoms with Crippen LogP contribution in [-0.4, -0.2) is 75.1 Å². The first kappa shape index (κ1) is 33.1. The van der Waals surface area contributed by atoms with Gasteiger partial charge in [-0.25, -0.2) is 23.1 Å². The molecule has 1 aromatic carbocycles. The molecular weight excluding hydrogens is 680 g/mol. The van der Waals surface area contributed by atoms with Crippen LogP contribution in [0.4, 0.5) is 43.8 Å². The van der Waals surface area contributed by atoms with Crippen LogP contribution in [-0.2, 0) is 6.18 Å². The van der Waals surface area contributed by atoms with Crippen molar-refractivity contribution < 1.29 is 35.8 Å². The molecule has 3 aliphatic rings. The van der Waals surface area contributed by atoms with E-state index in [1.54, 1.807) is 23.8 Å². The molecule has 3 aromatic heterocycles. The summed E-state index contributed by atoms with van der Waals surface area (Å²) in [6.45, 7) is 3.02. The van der Waals surface area contributed by atoms with Crippen molar-refractivity contribution in [2.75, 3.05) is 49.7 Å². The van der Waals surface area contributed by atoms with Crippen LogP contribution in [0.5, 0.6) is 11.8 Å². The smallest absolute Gasteiger partial charge is 0.418 e. The van der Waals surface area contributed by atoms with Crippen LogP contribution in [0, 0.1) is 18.2 Å². The summed E-state index contributed by atoms with van der Waals surface area (Å²) in [7, 11) is 1.71. The zero-order chi connectivity index (χ0) is 35.2. The predicted molar refractivity (Wildman–Crippen MR) is 168 cm³/mol. The fourth-order valence-electron chi connectivity index (χ4n) is 7.05. The zero-order valence-electron chi connectivity index (χ0n) is 26.4. The SMILES string of the molecule is Cc1cc(N)nc(-c2c(Cl)c3c4c(nc(OC[C@@H]5C[C@@]6(CN5C)CC6(F)F)nc4c2F)N([C@H](C)c2nccnc2N)CCO3)c1C(F)(F)F. The first-order valence-electron chi connectivity index (χ1n) is 15.3. The molecule has 2 aliphatic heterocycles. The highest BCUT2D eigenvalue weighted by molar-refractivity contribution is 6.36. The fraction of sp³-hybridized carbons (Fsp3) is 0.452. The highest BCUT2D eigenvalue weighted by atomic mass is 35.5. The Morgan fingerprint density at radius 1 is 1.16 bits per heavy atom. The Hall–Kier alpha value is -4.38. The van der Waals surface area contributed by atoms with Gasteiger partial charge in [0.25, 0.3) is 5.92 Å². The van der Waals surface area contributed by atoms with E-state index in [4.69, 9.17) is 32.5 Å². The normalized spacial score (nSPS) is 22.3. The van der Waals surface area contributed by atoms with Crippen LogP contribution < -0.4 is 25.8 Å². The molecule has 260 valence electrons. The van der Waals surface area contributed by atoms with Crippen molar-refractivity contribution in [3.8, 4) is 23.0 Å². The first-order chi connectivity index (χ1) is 23.0. The van der Waals surface area contributed by atoms with E-state index in [2.05, 4.69) is 24.9 Å². The zero-order valence-corrected chi connectivity index (χ0v) is 27.1. The molecule has 11 nitrogen and oxygen atoms in total. The molecule has 49 heavy (non-hydrogen) atoms. The van der Waals surface area contributed by atoms with Crippen LogP contribution in [0.1, 0.15) is 42.6 Å². The number of nitrogens with two attached hydrogens (primary N) is 2. The van der Waals surface area contributed by atoms with E-state index in [9.17, 15) is 22.0 Å². The van der Waals surface area contributed by atoms with Crippen LogP contribution in [0.15, 0.2) is 18.5 Å². The van der Waals surface area contributed by atoms with Crippen LogP contribution >= 0.6 is 11.6 Å². The summed E-state index contributed by atoms with van der Waals surface area (Å²) < 4.78 is 100. The van der Waals surface area contributed by atoms with Gasteiger partial charge < -0.3 is 25.8 Å². The van der Waals surface area contributed by atoms with Crippen LogP contribution in [0.25, 0.3) is 22.2 Å². The Morgan fingerprint density at radius 2 is 1.88 bits per heavy atom. The molecule has 0 unspecified atom stereocenters. The quantitative estimate of drug-likeness (QED) is 0.234. The van der Waals surface area contributed by atoms with Crippen molar-refractivity contribution in [2.45, 2.75) is 50.9 Å². The number of alkyl halides is 5. The lowest BCUT2D eigenvalue weighted by Gasteiger charge is -2.29. The van der Waals surface area contributed by atoms with Gasteiger partial charge in [-0.15, -0.1) is 0 Å². The lowest BCUT2D eigenvalue weighted by atomic mass is 9.98. The second kappa shape index (κ2) is 11.3. The Kier molecular flexibility index (Phi) is 7.66. The minimum Gasteiger partial charge on any atom is -0.489 e. The minimum absolute atomic E-state index is 0.0471. The van der Waals surface area contributed by atoms with Gasteiger partial charge in [0.1, 0.15) is 41.9 Å². The lowest BCUT2D eigenvalue weighted by Crippen LogP contribution is -2.33. The van der Waals surface area contributed by atoms with Gasteiger partial charge in [-0.2, -0.15) is 23.1 Å². The summed E-state index contributed by atoms with van der Waals surface area (Å²) in [5.74, 6) is -4.31. The maximum Gasteiger partial charge on any atom is 0.418 e. The first-order valence-corrected chi connectivity index (χ1v) is 15.6. The number of aromatic nitrogens is 5. The van der Waals surface area contributed by atoms with Gasteiger partial charge in [0.15, 0.2) is 11.6 Å². The minimum atomic E-state index is -4.96. The Labute approximate surface area is 280 Å². The third-order valence-electron chi connectivity index (χ3n) is 9.59. The Balaban J connectivity index is 1.42. The number of aryl methyl sites for hydroxylation is 1. The Morgan fingerprint density at radius 3 is 2.53 bits per heavy atom. The topological polar surface area (TPSA) is 141 Å². The van der Waals surface area contributed by atoms with Crippen molar-refractivity contribution in [3.05, 3.63) is 46.1 Å². The van der Waals surface area contributed by atoms with E-state index in [1.807, 2.05) is 0 Å². The van der Waals surface area contributed by atoms with E-state index < -0.39 is 62.8 Å². The summed E-state index contributed by atoms with van der Waals surface area (Å²) in [4.78, 5) is 24.7. The molecule has 1 saturated carbocycles. The molecule has 2 fully saturated rings. The van der Waals surface area contributed by atoms with Gasteiger partial charge in [-0.3, -0.25) is 9.88 Å². The number of rotatable bonds is 6. The molecule has 4 N–H and O–H groups in total. The van der Waals surface area contributed by atoms with Gasteiger partial charge in [-0.1, -0.05) is 11.6 Å². The van der Waals surface area contributed by atoms with E-state index in [0.717, 1.165) is 6.07 Å². The maximum atomic E-state index is 16.9. The van der Waals surface area contributed by atoms with Gasteiger partial charge in [0.05, 0.1) is 45.2 Å². The molecular formula is C31H30ClF6N9O2. The number of nitrogen functional groups attached to an aromatic ring is 2. The van der Waals surface area contributed by atoms with Gasteiger partial charge in [0, 0.05) is 31.4 Å². The molecule has 4 aromatic rings. The number of anilines is 3. The molecule has 0 radical (unpaired) electrons. The predicted octanol–water partition coefficient (Wildman–Crippen LogP) is 5.83. The third-order valence-corrected chi connectivity index (χ3v) is 9.95. The highest BCUT2D eigenvalue weighted by Crippen LogP contribution is 2.66. The van der Waals surface area contributed by atoms with E-state index >= 15 is 4.39 Å². The summed E-state index contributed by atoms with van der Waals surface area (Å²) in [6.07, 6.45) is -2.15. The number of likely N-dealkylation sites (tertiary alicyclic amines) is 1.